The molecule has 1 saturated heterocycles. The van der Waals surface area contributed by atoms with Crippen molar-refractivity contribution in [3.8, 4) is 5.75 Å². The van der Waals surface area contributed by atoms with Gasteiger partial charge in [0.05, 0.1) is 12.6 Å². The molecule has 102 valence electrons. The van der Waals surface area contributed by atoms with Crippen molar-refractivity contribution < 1.29 is 10.2 Å². The maximum atomic E-state index is 9.86. The van der Waals surface area contributed by atoms with Gasteiger partial charge in [0.15, 0.2) is 0 Å². The predicted molar refractivity (Wildman–Crippen MR) is 74.6 cm³/mol. The highest BCUT2D eigenvalue weighted by molar-refractivity contribution is 6.30. The summed E-state index contributed by atoms with van der Waals surface area (Å²) in [5, 5.41) is 23.2. The smallest absolute Gasteiger partial charge is 0.120 e. The number of rotatable bonds is 3. The molecule has 1 aromatic rings. The van der Waals surface area contributed by atoms with Gasteiger partial charge in [-0.3, -0.25) is 4.90 Å². The summed E-state index contributed by atoms with van der Waals surface area (Å²) in [6, 6.07) is 4.75. The molecule has 1 aromatic carbocycles. The van der Waals surface area contributed by atoms with Crippen LogP contribution in [0.3, 0.4) is 0 Å². The lowest BCUT2D eigenvalue weighted by Crippen LogP contribution is -2.46. The van der Waals surface area contributed by atoms with E-state index in [1.165, 1.54) is 0 Å². The van der Waals surface area contributed by atoms with Crippen molar-refractivity contribution in [3.05, 3.63) is 28.8 Å². The zero-order valence-corrected chi connectivity index (χ0v) is 11.5. The number of nitrogens with one attached hydrogen (secondary N) is 1. The molecule has 2 rings (SSSR count). The molecular weight excluding hydrogens is 275 g/mol. The Morgan fingerprint density at radius 2 is 2.00 bits per heavy atom. The fourth-order valence-electron chi connectivity index (χ4n) is 2.20. The number of phenolic OH excluding ortho intramolecular Hbond substituents is 1. The Labute approximate surface area is 118 Å². The van der Waals surface area contributed by atoms with E-state index in [1.54, 1.807) is 18.2 Å². The first kappa shape index (κ1) is 15.5. The SMILES string of the molecule is Cl.OC[C@H](c1cc(Cl)ccc1O)N1CCNCC1. The number of benzene rings is 1. The highest BCUT2D eigenvalue weighted by atomic mass is 35.5. The summed E-state index contributed by atoms with van der Waals surface area (Å²) in [4.78, 5) is 2.15. The normalized spacial score (nSPS) is 18.1. The molecule has 4 nitrogen and oxygen atoms in total. The summed E-state index contributed by atoms with van der Waals surface area (Å²) < 4.78 is 0. The molecule has 0 amide bonds. The molecule has 0 spiro atoms. The van der Waals surface area contributed by atoms with Crippen molar-refractivity contribution in [1.29, 1.82) is 0 Å². The summed E-state index contributed by atoms with van der Waals surface area (Å²) in [5.74, 6) is 0.187. The fraction of sp³-hybridized carbons (Fsp3) is 0.500. The molecule has 0 radical (unpaired) electrons. The molecule has 18 heavy (non-hydrogen) atoms. The monoisotopic (exact) mass is 292 g/mol. The van der Waals surface area contributed by atoms with E-state index < -0.39 is 0 Å². The van der Waals surface area contributed by atoms with Crippen molar-refractivity contribution >= 4 is 24.0 Å². The van der Waals surface area contributed by atoms with Gasteiger partial charge in [0.25, 0.3) is 0 Å². The van der Waals surface area contributed by atoms with Crippen LogP contribution < -0.4 is 5.32 Å². The Morgan fingerprint density at radius 1 is 1.33 bits per heavy atom. The minimum Gasteiger partial charge on any atom is -0.508 e. The molecule has 1 heterocycles. The van der Waals surface area contributed by atoms with Crippen LogP contribution in [0.2, 0.25) is 5.02 Å². The average molecular weight is 293 g/mol. The van der Waals surface area contributed by atoms with E-state index in [1.807, 2.05) is 0 Å². The van der Waals surface area contributed by atoms with Crippen molar-refractivity contribution in [2.45, 2.75) is 6.04 Å². The maximum absolute atomic E-state index is 9.86. The van der Waals surface area contributed by atoms with Gasteiger partial charge in [-0.25, -0.2) is 0 Å². The Hall–Kier alpha value is -0.520. The van der Waals surface area contributed by atoms with Crippen LogP contribution >= 0.6 is 24.0 Å². The highest BCUT2D eigenvalue weighted by Gasteiger charge is 2.23. The number of phenols is 1. The summed E-state index contributed by atoms with van der Waals surface area (Å²) in [5.41, 5.74) is 0.696. The van der Waals surface area contributed by atoms with Gasteiger partial charge < -0.3 is 15.5 Å². The van der Waals surface area contributed by atoms with Gasteiger partial charge in [-0.1, -0.05) is 11.6 Å². The number of piperazine rings is 1. The molecule has 1 fully saturated rings. The molecular formula is C12H18Cl2N2O2. The maximum Gasteiger partial charge on any atom is 0.120 e. The van der Waals surface area contributed by atoms with Crippen LogP contribution in [-0.4, -0.2) is 47.9 Å². The molecule has 0 aliphatic carbocycles. The lowest BCUT2D eigenvalue weighted by molar-refractivity contribution is 0.109. The average Bonchev–Trinajstić information content (AvgIpc) is 2.36. The minimum atomic E-state index is -0.184. The van der Waals surface area contributed by atoms with Crippen LogP contribution in [0.15, 0.2) is 18.2 Å². The molecule has 6 heteroatoms. The van der Waals surface area contributed by atoms with Gasteiger partial charge in [0.2, 0.25) is 0 Å². The molecule has 0 bridgehead atoms. The molecule has 3 N–H and O–H groups in total. The number of halogens is 2. The van der Waals surface area contributed by atoms with E-state index in [0.717, 1.165) is 26.2 Å². The number of aromatic hydroxyl groups is 1. The van der Waals surface area contributed by atoms with E-state index in [4.69, 9.17) is 11.6 Å². The third kappa shape index (κ3) is 3.49. The number of hydrogen-bond donors (Lipinski definition) is 3. The van der Waals surface area contributed by atoms with E-state index in [2.05, 4.69) is 10.2 Å². The van der Waals surface area contributed by atoms with Crippen molar-refractivity contribution in [2.24, 2.45) is 0 Å². The first-order valence-corrected chi connectivity index (χ1v) is 6.14. The van der Waals surface area contributed by atoms with Crippen LogP contribution in [0.4, 0.5) is 0 Å². The predicted octanol–water partition coefficient (Wildman–Crippen LogP) is 1.41. The lowest BCUT2D eigenvalue weighted by atomic mass is 10.0. The zero-order chi connectivity index (χ0) is 12.3. The quantitative estimate of drug-likeness (QED) is 0.788. The van der Waals surface area contributed by atoms with E-state index in [-0.39, 0.29) is 30.8 Å². The number of aliphatic hydroxyl groups excluding tert-OH is 1. The van der Waals surface area contributed by atoms with Crippen LogP contribution in [0, 0.1) is 0 Å². The molecule has 1 aliphatic heterocycles. The summed E-state index contributed by atoms with van der Waals surface area (Å²) >= 11 is 5.93. The summed E-state index contributed by atoms with van der Waals surface area (Å²) in [7, 11) is 0. The largest absolute Gasteiger partial charge is 0.508 e. The van der Waals surface area contributed by atoms with Gasteiger partial charge in [-0.2, -0.15) is 0 Å². The lowest BCUT2D eigenvalue weighted by Gasteiger charge is -2.34. The second-order valence-corrected chi connectivity index (χ2v) is 4.62. The van der Waals surface area contributed by atoms with Gasteiger partial charge in [-0.15, -0.1) is 12.4 Å². The molecule has 1 aliphatic rings. The van der Waals surface area contributed by atoms with Crippen LogP contribution in [0.1, 0.15) is 11.6 Å². The van der Waals surface area contributed by atoms with Crippen molar-refractivity contribution in [1.82, 2.24) is 10.2 Å². The van der Waals surface area contributed by atoms with Gasteiger partial charge in [-0.05, 0) is 18.2 Å². The van der Waals surface area contributed by atoms with Crippen molar-refractivity contribution in [3.63, 3.8) is 0 Å². The van der Waals surface area contributed by atoms with Crippen LogP contribution in [-0.2, 0) is 0 Å². The zero-order valence-electron chi connectivity index (χ0n) is 9.97. The third-order valence-electron chi connectivity index (χ3n) is 3.11. The second-order valence-electron chi connectivity index (χ2n) is 4.19. The first-order valence-electron chi connectivity index (χ1n) is 5.76. The Kier molecular flexibility index (Phi) is 6.18. The minimum absolute atomic E-state index is 0. The highest BCUT2D eigenvalue weighted by Crippen LogP contribution is 2.30. The summed E-state index contributed by atoms with van der Waals surface area (Å²) in [6.07, 6.45) is 0. The standard InChI is InChI=1S/C12H17ClN2O2.ClH/c13-9-1-2-12(17)10(7-9)11(8-16)15-5-3-14-4-6-15;/h1-2,7,11,14,16-17H,3-6,8H2;1H/t11-;/m1./s1. The molecule has 0 aromatic heterocycles. The first-order chi connectivity index (χ1) is 8.22. The molecule has 0 saturated carbocycles. The van der Waals surface area contributed by atoms with Gasteiger partial charge in [0.1, 0.15) is 5.75 Å². The topological polar surface area (TPSA) is 55.7 Å². The number of aliphatic hydroxyl groups is 1. The second kappa shape index (κ2) is 7.16. The molecule has 1 atom stereocenters. The third-order valence-corrected chi connectivity index (χ3v) is 3.35. The van der Waals surface area contributed by atoms with E-state index >= 15 is 0 Å². The Balaban J connectivity index is 0.00000162. The number of hydrogen-bond acceptors (Lipinski definition) is 4. The Bertz CT molecular complexity index is 384. The Morgan fingerprint density at radius 3 is 2.61 bits per heavy atom. The fourth-order valence-corrected chi connectivity index (χ4v) is 2.38. The van der Waals surface area contributed by atoms with E-state index in [0.29, 0.717) is 10.6 Å². The van der Waals surface area contributed by atoms with Crippen molar-refractivity contribution in [2.75, 3.05) is 32.8 Å². The van der Waals surface area contributed by atoms with Crippen LogP contribution in [0.5, 0.6) is 5.75 Å². The van der Waals surface area contributed by atoms with E-state index in [9.17, 15) is 10.2 Å². The van der Waals surface area contributed by atoms with Crippen LogP contribution in [0.25, 0.3) is 0 Å². The number of nitrogens with zero attached hydrogens (tertiary/aromatic N) is 1. The van der Waals surface area contributed by atoms with Gasteiger partial charge in [0, 0.05) is 36.8 Å². The summed E-state index contributed by atoms with van der Waals surface area (Å²) in [6.45, 7) is 3.50. The molecule has 0 unspecified atom stereocenters. The van der Waals surface area contributed by atoms with Gasteiger partial charge >= 0.3 is 0 Å².